The summed E-state index contributed by atoms with van der Waals surface area (Å²) in [5, 5.41) is 45.6. The van der Waals surface area contributed by atoms with Crippen molar-refractivity contribution >= 4 is 35.2 Å². The molecule has 53 heavy (non-hydrogen) atoms. The van der Waals surface area contributed by atoms with Gasteiger partial charge in [0.05, 0.1) is 17.8 Å². The number of hydrogen-bond acceptors (Lipinski definition) is 13. The summed E-state index contributed by atoms with van der Waals surface area (Å²) in [5.74, 6) is 0. The number of carbonyl (C=O) groups excluding carboxylic acids is 3. The van der Waals surface area contributed by atoms with Crippen LogP contribution in [0.1, 0.15) is 77.0 Å². The van der Waals surface area contributed by atoms with E-state index in [1.807, 2.05) is 0 Å². The number of nitrogens with zero attached hydrogens (tertiary/aromatic N) is 4. The van der Waals surface area contributed by atoms with Crippen LogP contribution in [0.3, 0.4) is 0 Å². The fraction of sp³-hybridized carbons (Fsp3) is 0.788. The third kappa shape index (κ3) is 20.0. The number of aliphatic hydroxyl groups is 2. The lowest BCUT2D eigenvalue weighted by molar-refractivity contribution is 0.177. The summed E-state index contributed by atoms with van der Waals surface area (Å²) in [6, 6.07) is -1.20. The van der Waals surface area contributed by atoms with Crippen LogP contribution in [-0.4, -0.2) is 142 Å². The summed E-state index contributed by atoms with van der Waals surface area (Å²) in [4.78, 5) is 41.9. The van der Waals surface area contributed by atoms with E-state index >= 15 is 0 Å². The molecule has 5 N–H and O–H groups in total. The van der Waals surface area contributed by atoms with Gasteiger partial charge in [0.15, 0.2) is 0 Å². The molecule has 0 aliphatic rings. The van der Waals surface area contributed by atoms with Gasteiger partial charge in [0.25, 0.3) is 12.5 Å². The van der Waals surface area contributed by atoms with Gasteiger partial charge in [-0.15, -0.1) is 0 Å². The predicted octanol–water partition coefficient (Wildman–Crippen LogP) is 2.98. The van der Waals surface area contributed by atoms with Gasteiger partial charge in [-0.2, -0.15) is 10.5 Å². The van der Waals surface area contributed by atoms with Crippen LogP contribution in [0.2, 0.25) is 6.04 Å². The molecule has 0 aromatic heterocycles. The fourth-order valence-electron chi connectivity index (χ4n) is 5.19. The van der Waals surface area contributed by atoms with E-state index in [2.05, 4.69) is 32.0 Å². The summed E-state index contributed by atoms with van der Waals surface area (Å²) in [6.45, 7) is 6.20. The van der Waals surface area contributed by atoms with Crippen LogP contribution in [-0.2, 0) is 27.2 Å². The van der Waals surface area contributed by atoms with Crippen molar-refractivity contribution in [1.82, 2.24) is 25.8 Å². The fourth-order valence-corrected chi connectivity index (χ4v) is 8.45. The minimum Gasteiger partial charge on any atom is -0.428 e. The minimum atomic E-state index is -3.41. The van der Waals surface area contributed by atoms with Gasteiger partial charge in [0.1, 0.15) is 13.2 Å². The van der Waals surface area contributed by atoms with Gasteiger partial charge < -0.3 is 53.3 Å². The Kier molecular flexibility index (Phi) is 28.9. The van der Waals surface area contributed by atoms with Crippen LogP contribution in [0.25, 0.3) is 0 Å². The van der Waals surface area contributed by atoms with Crippen LogP contribution >= 0.6 is 0 Å². The molecule has 0 atom stereocenters. The first-order valence-corrected chi connectivity index (χ1v) is 22.4. The molecule has 0 fully saturated rings. The lowest BCUT2D eigenvalue weighted by atomic mass is 10.2. The van der Waals surface area contributed by atoms with Gasteiger partial charge in [0.2, 0.25) is 0 Å². The molecule has 6 amide bonds. The van der Waals surface area contributed by atoms with Crippen LogP contribution in [0.15, 0.2) is 11.9 Å². The summed E-state index contributed by atoms with van der Waals surface area (Å²) in [7, 11) is -0.747. The average Bonchev–Trinajstić information content (AvgIpc) is 3.17. The lowest BCUT2D eigenvalue weighted by Gasteiger charge is -2.36. The zero-order chi connectivity index (χ0) is 39.8. The molecule has 0 radical (unpaired) electrons. The second-order valence-electron chi connectivity index (χ2n) is 12.1. The second-order valence-corrected chi connectivity index (χ2v) is 18.8. The molecule has 0 aliphatic carbocycles. The maximum Gasteiger partial charge on any atom is 0.414 e. The van der Waals surface area contributed by atoms with Gasteiger partial charge in [-0.1, -0.05) is 32.3 Å². The van der Waals surface area contributed by atoms with E-state index < -0.39 is 41.4 Å². The van der Waals surface area contributed by atoms with E-state index in [-0.39, 0.29) is 30.7 Å². The first-order chi connectivity index (χ1) is 25.6. The molecule has 20 heteroatoms. The van der Waals surface area contributed by atoms with Crippen molar-refractivity contribution in [3.8, 4) is 12.5 Å². The number of unbranched alkanes of at least 4 members (excludes halogenated alkanes) is 9. The number of carbonyl (C=O) groups is 3. The zero-order valence-electron chi connectivity index (χ0n) is 32.1. The summed E-state index contributed by atoms with van der Waals surface area (Å²) < 4.78 is 31.3. The minimum absolute atomic E-state index is 0.0785. The standard InChI is InChI=1S/C33H63N7O11Si2/c1-30(53(29-42,48-4)49-5)39(22-25-52(28-41,46-2)47-3)31(43)36-18-12-6-9-15-21-40(32(44)37-19-13-7-10-16-23-50-26-34)33(45)38-20-14-8-11-17-24-51-27-35/h41-42H,1,6-25,28-29H2,2-5H3,(H,36,43)(H,37,44)(H,38,45). The molecule has 0 bridgehead atoms. The SMILES string of the molecule is C=C(N(CC[Si](CO)(OC)OC)C(=O)NCCCCCCN(C(=O)NCCCCCCOC#N)C(=O)NCCCCCCOC#N)[Si](CO)(OC)OC. The molecule has 18 nitrogen and oxygen atoms in total. The first-order valence-electron chi connectivity index (χ1n) is 18.1. The third-order valence-corrected chi connectivity index (χ3v) is 14.5. The highest BCUT2D eigenvalue weighted by molar-refractivity contribution is 6.74. The Morgan fingerprint density at radius 3 is 1.40 bits per heavy atom. The Bertz CT molecular complexity index is 1060. The average molecular weight is 790 g/mol. The molecular formula is C33H63N7O11Si2. The van der Waals surface area contributed by atoms with Crippen molar-refractivity contribution < 1.29 is 51.8 Å². The van der Waals surface area contributed by atoms with Crippen molar-refractivity contribution in [2.24, 2.45) is 0 Å². The number of imide groups is 1. The molecule has 0 saturated heterocycles. The number of hydrogen-bond donors (Lipinski definition) is 5. The molecule has 304 valence electrons. The highest BCUT2D eigenvalue weighted by atomic mass is 28.4. The smallest absolute Gasteiger partial charge is 0.414 e. The van der Waals surface area contributed by atoms with E-state index in [1.54, 1.807) is 12.5 Å². The molecular weight excluding hydrogens is 727 g/mol. The van der Waals surface area contributed by atoms with Gasteiger partial charge in [0, 0.05) is 67.2 Å². The van der Waals surface area contributed by atoms with Gasteiger partial charge in [-0.3, -0.25) is 4.90 Å². The number of aliphatic hydroxyl groups excluding tert-OH is 2. The number of rotatable bonds is 32. The summed E-state index contributed by atoms with van der Waals surface area (Å²) in [6.07, 6.45) is 11.4. The predicted molar refractivity (Wildman–Crippen MR) is 200 cm³/mol. The Morgan fingerprint density at radius 2 is 1.02 bits per heavy atom. The topological polar surface area (TPSA) is 237 Å². The van der Waals surface area contributed by atoms with Crippen LogP contribution in [0, 0.1) is 23.0 Å². The van der Waals surface area contributed by atoms with Crippen LogP contribution in [0.4, 0.5) is 14.4 Å². The van der Waals surface area contributed by atoms with E-state index in [1.165, 1.54) is 38.2 Å². The second kappa shape index (κ2) is 30.9. The van der Waals surface area contributed by atoms with E-state index in [0.717, 1.165) is 51.4 Å². The maximum atomic E-state index is 13.4. The first kappa shape index (κ1) is 49.5. The lowest BCUT2D eigenvalue weighted by Crippen LogP contribution is -2.56. The Balaban J connectivity index is 5.11. The highest BCUT2D eigenvalue weighted by Crippen LogP contribution is 2.22. The quantitative estimate of drug-likeness (QED) is 0.0375. The Hall–Kier alpha value is -3.48. The number of nitrogens with one attached hydrogen (secondary N) is 3. The molecule has 0 unspecified atom stereocenters. The monoisotopic (exact) mass is 789 g/mol. The van der Waals surface area contributed by atoms with Crippen molar-refractivity contribution in [2.75, 3.05) is 86.8 Å². The van der Waals surface area contributed by atoms with Gasteiger partial charge >= 0.3 is 35.2 Å². The van der Waals surface area contributed by atoms with E-state index in [0.29, 0.717) is 58.5 Å². The van der Waals surface area contributed by atoms with Crippen molar-refractivity contribution in [3.05, 3.63) is 11.9 Å². The van der Waals surface area contributed by atoms with E-state index in [4.69, 9.17) is 28.2 Å². The van der Waals surface area contributed by atoms with Crippen molar-refractivity contribution in [1.29, 1.82) is 10.5 Å². The maximum absolute atomic E-state index is 13.4. The molecule has 0 aliphatic heterocycles. The van der Waals surface area contributed by atoms with Crippen LogP contribution in [0.5, 0.6) is 0 Å². The number of urea groups is 3. The summed E-state index contributed by atoms with van der Waals surface area (Å²) >= 11 is 0. The number of amides is 6. The van der Waals surface area contributed by atoms with E-state index in [9.17, 15) is 24.6 Å². The molecule has 0 saturated carbocycles. The van der Waals surface area contributed by atoms with Gasteiger partial charge in [-0.25, -0.2) is 19.3 Å². The molecule has 0 rings (SSSR count). The zero-order valence-corrected chi connectivity index (χ0v) is 34.1. The molecule has 0 heterocycles. The summed E-state index contributed by atoms with van der Waals surface area (Å²) in [5.41, 5.74) is 0. The molecule has 0 aromatic rings. The molecule has 0 spiro atoms. The Labute approximate surface area is 317 Å². The number of nitriles is 2. The third-order valence-electron chi connectivity index (χ3n) is 8.68. The van der Waals surface area contributed by atoms with Crippen molar-refractivity contribution in [2.45, 2.75) is 83.1 Å². The van der Waals surface area contributed by atoms with Crippen molar-refractivity contribution in [3.63, 3.8) is 0 Å². The molecule has 0 aromatic carbocycles. The normalized spacial score (nSPS) is 11.2. The van der Waals surface area contributed by atoms with Gasteiger partial charge in [-0.05, 0) is 51.4 Å². The number of ether oxygens (including phenoxy) is 2. The highest BCUT2D eigenvalue weighted by Gasteiger charge is 2.45. The Morgan fingerprint density at radius 1 is 0.604 bits per heavy atom. The van der Waals surface area contributed by atoms with Crippen LogP contribution < -0.4 is 16.0 Å². The largest absolute Gasteiger partial charge is 0.428 e.